The van der Waals surface area contributed by atoms with Crippen molar-refractivity contribution in [2.75, 3.05) is 0 Å². The summed E-state index contributed by atoms with van der Waals surface area (Å²) in [5.41, 5.74) is -0.266. The van der Waals surface area contributed by atoms with Gasteiger partial charge in [-0.05, 0) is 24.3 Å². The van der Waals surface area contributed by atoms with Crippen molar-refractivity contribution in [3.05, 3.63) is 62.1 Å². The number of hydrogen-bond acceptors (Lipinski definition) is 4. The van der Waals surface area contributed by atoms with Crippen LogP contribution in [0.15, 0.2) is 36.4 Å². The molecule has 0 bridgehead atoms. The van der Waals surface area contributed by atoms with Gasteiger partial charge in [-0.3, -0.25) is 10.1 Å². The van der Waals surface area contributed by atoms with Gasteiger partial charge < -0.3 is 9.84 Å². The number of hydrogen-bond donors (Lipinski definition) is 1. The Labute approximate surface area is 128 Å². The smallest absolute Gasteiger partial charge is 0.335 e. The van der Waals surface area contributed by atoms with Crippen LogP contribution in [0.3, 0.4) is 0 Å². The number of ether oxygens (including phenoxy) is 1. The van der Waals surface area contributed by atoms with Gasteiger partial charge in [-0.15, -0.1) is 0 Å². The number of halogens is 2. The third-order valence-electron chi connectivity index (χ3n) is 2.53. The van der Waals surface area contributed by atoms with Crippen molar-refractivity contribution < 1.29 is 19.6 Å². The van der Waals surface area contributed by atoms with E-state index in [1.807, 2.05) is 0 Å². The van der Waals surface area contributed by atoms with E-state index in [4.69, 9.17) is 33.0 Å². The van der Waals surface area contributed by atoms with Crippen LogP contribution < -0.4 is 4.74 Å². The van der Waals surface area contributed by atoms with Crippen molar-refractivity contribution in [2.45, 2.75) is 0 Å². The monoisotopic (exact) mass is 327 g/mol. The van der Waals surface area contributed by atoms with E-state index in [-0.39, 0.29) is 32.8 Å². The van der Waals surface area contributed by atoms with Crippen LogP contribution in [-0.2, 0) is 0 Å². The topological polar surface area (TPSA) is 89.7 Å². The maximum absolute atomic E-state index is 11.0. The first-order valence-electron chi connectivity index (χ1n) is 5.53. The first-order valence-corrected chi connectivity index (χ1v) is 6.28. The van der Waals surface area contributed by atoms with E-state index >= 15 is 0 Å². The molecule has 8 heteroatoms. The van der Waals surface area contributed by atoms with E-state index < -0.39 is 10.9 Å². The summed E-state index contributed by atoms with van der Waals surface area (Å²) in [6.45, 7) is 0. The summed E-state index contributed by atoms with van der Waals surface area (Å²) in [7, 11) is 0. The molecule has 0 atom stereocenters. The second-order valence-corrected chi connectivity index (χ2v) is 4.74. The van der Waals surface area contributed by atoms with Crippen molar-refractivity contribution in [1.29, 1.82) is 0 Å². The molecule has 0 aliphatic heterocycles. The Kier molecular flexibility index (Phi) is 4.30. The lowest BCUT2D eigenvalue weighted by molar-refractivity contribution is -0.385. The molecule has 0 aromatic heterocycles. The van der Waals surface area contributed by atoms with Crippen molar-refractivity contribution >= 4 is 34.9 Å². The van der Waals surface area contributed by atoms with Crippen molar-refractivity contribution in [2.24, 2.45) is 0 Å². The first kappa shape index (κ1) is 15.1. The van der Waals surface area contributed by atoms with Gasteiger partial charge in [-0.1, -0.05) is 23.2 Å². The lowest BCUT2D eigenvalue weighted by Crippen LogP contribution is -1.96. The molecule has 6 nitrogen and oxygen atoms in total. The van der Waals surface area contributed by atoms with Crippen LogP contribution in [0, 0.1) is 10.1 Å². The SMILES string of the molecule is O=C(O)c1ccc(Oc2cc(Cl)c(Cl)cc2[N+](=O)[O-])cc1. The molecule has 1 N–H and O–H groups in total. The molecule has 0 unspecified atom stereocenters. The Morgan fingerprint density at radius 1 is 1.14 bits per heavy atom. The quantitative estimate of drug-likeness (QED) is 0.664. The van der Waals surface area contributed by atoms with E-state index in [0.29, 0.717) is 0 Å². The number of carboxylic acids is 1. The maximum atomic E-state index is 11.0. The number of carbonyl (C=O) groups is 1. The predicted molar refractivity (Wildman–Crippen MR) is 76.6 cm³/mol. The highest BCUT2D eigenvalue weighted by atomic mass is 35.5. The van der Waals surface area contributed by atoms with Crippen LogP contribution in [0.4, 0.5) is 5.69 Å². The molecule has 0 saturated heterocycles. The van der Waals surface area contributed by atoms with E-state index in [9.17, 15) is 14.9 Å². The maximum Gasteiger partial charge on any atom is 0.335 e. The van der Waals surface area contributed by atoms with Gasteiger partial charge in [0.2, 0.25) is 5.75 Å². The lowest BCUT2D eigenvalue weighted by Gasteiger charge is -2.08. The highest BCUT2D eigenvalue weighted by Gasteiger charge is 2.19. The van der Waals surface area contributed by atoms with Crippen LogP contribution in [0.2, 0.25) is 10.0 Å². The largest absolute Gasteiger partial charge is 0.478 e. The average Bonchev–Trinajstić information content (AvgIpc) is 2.43. The normalized spacial score (nSPS) is 10.2. The molecular weight excluding hydrogens is 321 g/mol. The molecule has 21 heavy (non-hydrogen) atoms. The molecule has 0 heterocycles. The fourth-order valence-corrected chi connectivity index (χ4v) is 1.85. The molecule has 2 aromatic carbocycles. The highest BCUT2D eigenvalue weighted by Crippen LogP contribution is 2.38. The molecule has 0 aliphatic carbocycles. The Hall–Kier alpha value is -2.31. The van der Waals surface area contributed by atoms with Gasteiger partial charge in [0.05, 0.1) is 20.5 Å². The summed E-state index contributed by atoms with van der Waals surface area (Å²) in [4.78, 5) is 21.0. The summed E-state index contributed by atoms with van der Waals surface area (Å²) in [5.74, 6) is -0.930. The molecule has 0 spiro atoms. The molecule has 2 aromatic rings. The summed E-state index contributed by atoms with van der Waals surface area (Å²) in [6, 6.07) is 7.73. The Balaban J connectivity index is 2.36. The average molecular weight is 328 g/mol. The number of nitro groups is 1. The van der Waals surface area contributed by atoms with E-state index in [1.54, 1.807) is 0 Å². The minimum absolute atomic E-state index is 0.0388. The summed E-state index contributed by atoms with van der Waals surface area (Å²) in [5, 5.41) is 19.9. The predicted octanol–water partition coefficient (Wildman–Crippen LogP) is 4.39. The molecule has 0 amide bonds. The van der Waals surface area contributed by atoms with Crippen molar-refractivity contribution in [1.82, 2.24) is 0 Å². The Morgan fingerprint density at radius 2 is 1.71 bits per heavy atom. The van der Waals surface area contributed by atoms with Crippen molar-refractivity contribution in [3.63, 3.8) is 0 Å². The third-order valence-corrected chi connectivity index (χ3v) is 3.25. The highest BCUT2D eigenvalue weighted by molar-refractivity contribution is 6.42. The van der Waals surface area contributed by atoms with Gasteiger partial charge in [0.15, 0.2) is 0 Å². The van der Waals surface area contributed by atoms with E-state index in [0.717, 1.165) is 6.07 Å². The Morgan fingerprint density at radius 3 is 2.24 bits per heavy atom. The number of aromatic carboxylic acids is 1. The van der Waals surface area contributed by atoms with Gasteiger partial charge in [0, 0.05) is 12.1 Å². The number of nitrogens with zero attached hydrogens (tertiary/aromatic N) is 1. The number of nitro benzene ring substituents is 1. The summed E-state index contributed by atoms with van der Waals surface area (Å²) in [6.07, 6.45) is 0. The van der Waals surface area contributed by atoms with Crippen LogP contribution in [0.5, 0.6) is 11.5 Å². The fourth-order valence-electron chi connectivity index (χ4n) is 1.54. The first-order chi connectivity index (χ1) is 9.88. The standard InChI is InChI=1S/C13H7Cl2NO5/c14-9-5-11(16(19)20)12(6-10(9)15)21-8-3-1-7(2-4-8)13(17)18/h1-6H,(H,17,18). The third kappa shape index (κ3) is 3.42. The van der Waals surface area contributed by atoms with Gasteiger partial charge in [0.25, 0.3) is 0 Å². The van der Waals surface area contributed by atoms with Crippen molar-refractivity contribution in [3.8, 4) is 11.5 Å². The summed E-state index contributed by atoms with van der Waals surface area (Å²) >= 11 is 11.5. The van der Waals surface area contributed by atoms with Crippen LogP contribution in [-0.4, -0.2) is 16.0 Å². The molecule has 0 aliphatic rings. The molecule has 0 saturated carbocycles. The fraction of sp³-hybridized carbons (Fsp3) is 0. The van der Waals surface area contributed by atoms with E-state index in [2.05, 4.69) is 0 Å². The van der Waals surface area contributed by atoms with Gasteiger partial charge >= 0.3 is 11.7 Å². The second-order valence-electron chi connectivity index (χ2n) is 3.92. The van der Waals surface area contributed by atoms with Gasteiger partial charge in [-0.25, -0.2) is 4.79 Å². The number of carboxylic acid groups (broad SMARTS) is 1. The zero-order valence-corrected chi connectivity index (χ0v) is 11.8. The number of rotatable bonds is 4. The molecule has 0 radical (unpaired) electrons. The molecule has 108 valence electrons. The minimum Gasteiger partial charge on any atom is -0.478 e. The van der Waals surface area contributed by atoms with E-state index in [1.165, 1.54) is 30.3 Å². The number of benzene rings is 2. The van der Waals surface area contributed by atoms with Gasteiger partial charge in [0.1, 0.15) is 5.75 Å². The summed E-state index contributed by atoms with van der Waals surface area (Å²) < 4.78 is 5.36. The van der Waals surface area contributed by atoms with Gasteiger partial charge in [-0.2, -0.15) is 0 Å². The van der Waals surface area contributed by atoms with Crippen LogP contribution >= 0.6 is 23.2 Å². The molecular formula is C13H7Cl2NO5. The van der Waals surface area contributed by atoms with Crippen LogP contribution in [0.1, 0.15) is 10.4 Å². The zero-order valence-electron chi connectivity index (χ0n) is 10.2. The van der Waals surface area contributed by atoms with Crippen LogP contribution in [0.25, 0.3) is 0 Å². The minimum atomic E-state index is -1.08. The second kappa shape index (κ2) is 5.99. The zero-order chi connectivity index (χ0) is 15.6. The molecule has 2 rings (SSSR count). The molecule has 0 fully saturated rings. The lowest BCUT2D eigenvalue weighted by atomic mass is 10.2. The Bertz CT molecular complexity index is 715.